The van der Waals surface area contributed by atoms with E-state index in [2.05, 4.69) is 19.1 Å². The van der Waals surface area contributed by atoms with E-state index >= 15 is 0 Å². The Kier molecular flexibility index (Phi) is 1.49. The molecule has 68 valence electrons. The molecule has 1 aromatic rings. The van der Waals surface area contributed by atoms with Gasteiger partial charge >= 0.3 is 0 Å². The van der Waals surface area contributed by atoms with Crippen molar-refractivity contribution >= 4 is 0 Å². The summed E-state index contributed by atoms with van der Waals surface area (Å²) in [6.07, 6.45) is 5.19. The number of nitrogens with zero attached hydrogens (tertiary/aromatic N) is 1. The van der Waals surface area contributed by atoms with Crippen LogP contribution in [0.3, 0.4) is 0 Å². The molecule has 0 radical (unpaired) electrons. The van der Waals surface area contributed by atoms with Crippen LogP contribution in [0.5, 0.6) is 0 Å². The maximum Gasteiger partial charge on any atom is 0.0470 e. The summed E-state index contributed by atoms with van der Waals surface area (Å²) in [5.74, 6) is 1.81. The maximum atomic E-state index is 4.75. The Labute approximate surface area is 79.2 Å². The van der Waals surface area contributed by atoms with Gasteiger partial charge in [0.2, 0.25) is 0 Å². The molecule has 0 unspecified atom stereocenters. The van der Waals surface area contributed by atoms with E-state index in [1.807, 2.05) is 0 Å². The van der Waals surface area contributed by atoms with Crippen molar-refractivity contribution in [1.82, 2.24) is 4.98 Å². The zero-order valence-corrected chi connectivity index (χ0v) is 8.09. The highest BCUT2D eigenvalue weighted by Crippen LogP contribution is 2.48. The average molecular weight is 173 g/mol. The molecule has 1 saturated carbocycles. The van der Waals surface area contributed by atoms with E-state index < -0.39 is 0 Å². The number of hydrogen-bond donors (Lipinski definition) is 0. The summed E-state index contributed by atoms with van der Waals surface area (Å²) in [4.78, 5) is 4.75. The molecule has 0 atom stereocenters. The van der Waals surface area contributed by atoms with Gasteiger partial charge in [-0.1, -0.05) is 13.0 Å². The molecular weight excluding hydrogens is 158 g/mol. The second-order valence-corrected chi connectivity index (χ2v) is 4.44. The number of pyridine rings is 1. The smallest absolute Gasteiger partial charge is 0.0470 e. The lowest BCUT2D eigenvalue weighted by Gasteiger charge is -2.41. The van der Waals surface area contributed by atoms with E-state index in [0.717, 1.165) is 18.3 Å². The minimum atomic E-state index is 0.820. The van der Waals surface area contributed by atoms with Gasteiger partial charge in [-0.05, 0) is 43.2 Å². The SMILES string of the molecule is CCc1ccc2c(n1)[C@H]1C[C@@H](C2)C1. The van der Waals surface area contributed by atoms with Crippen molar-refractivity contribution in [2.75, 3.05) is 0 Å². The normalized spacial score (nSPS) is 29.3. The van der Waals surface area contributed by atoms with E-state index in [4.69, 9.17) is 4.98 Å². The molecule has 0 N–H and O–H groups in total. The summed E-state index contributed by atoms with van der Waals surface area (Å²) in [5.41, 5.74) is 4.23. The van der Waals surface area contributed by atoms with Gasteiger partial charge in [-0.2, -0.15) is 0 Å². The summed E-state index contributed by atoms with van der Waals surface area (Å²) in [6, 6.07) is 4.50. The third-order valence-corrected chi connectivity index (χ3v) is 3.56. The van der Waals surface area contributed by atoms with Crippen molar-refractivity contribution in [3.8, 4) is 0 Å². The van der Waals surface area contributed by atoms with Crippen LogP contribution in [-0.4, -0.2) is 4.98 Å². The van der Waals surface area contributed by atoms with Gasteiger partial charge in [-0.15, -0.1) is 0 Å². The lowest BCUT2D eigenvalue weighted by molar-refractivity contribution is 0.231. The summed E-state index contributed by atoms with van der Waals surface area (Å²) >= 11 is 0. The van der Waals surface area contributed by atoms with Crippen LogP contribution in [0.1, 0.15) is 42.6 Å². The van der Waals surface area contributed by atoms with Crippen LogP contribution in [0.15, 0.2) is 12.1 Å². The molecule has 0 spiro atoms. The van der Waals surface area contributed by atoms with Gasteiger partial charge in [0.1, 0.15) is 0 Å². The molecule has 3 aliphatic carbocycles. The molecule has 0 aliphatic heterocycles. The quantitative estimate of drug-likeness (QED) is 0.636. The van der Waals surface area contributed by atoms with Crippen LogP contribution in [0.4, 0.5) is 0 Å². The van der Waals surface area contributed by atoms with Gasteiger partial charge in [0.05, 0.1) is 0 Å². The summed E-state index contributed by atoms with van der Waals surface area (Å²) in [5, 5.41) is 0. The number of aryl methyl sites for hydroxylation is 1. The van der Waals surface area contributed by atoms with Gasteiger partial charge in [0.25, 0.3) is 0 Å². The molecule has 1 heteroatoms. The zero-order valence-electron chi connectivity index (χ0n) is 8.09. The number of hydrogen-bond acceptors (Lipinski definition) is 1. The first-order valence-corrected chi connectivity index (χ1v) is 5.35. The predicted octanol–water partition coefficient (Wildman–Crippen LogP) is 2.69. The molecule has 4 rings (SSSR count). The molecule has 1 nitrogen and oxygen atoms in total. The zero-order chi connectivity index (χ0) is 8.84. The molecule has 0 saturated heterocycles. The highest BCUT2D eigenvalue weighted by atomic mass is 14.7. The van der Waals surface area contributed by atoms with Crippen LogP contribution in [0.25, 0.3) is 0 Å². The van der Waals surface area contributed by atoms with Crippen molar-refractivity contribution in [3.05, 3.63) is 29.1 Å². The largest absolute Gasteiger partial charge is 0.257 e. The van der Waals surface area contributed by atoms with E-state index in [1.54, 1.807) is 0 Å². The van der Waals surface area contributed by atoms with E-state index in [0.29, 0.717) is 0 Å². The minimum Gasteiger partial charge on any atom is -0.257 e. The van der Waals surface area contributed by atoms with Crippen LogP contribution < -0.4 is 0 Å². The van der Waals surface area contributed by atoms with E-state index in [1.165, 1.54) is 36.2 Å². The highest BCUT2D eigenvalue weighted by molar-refractivity contribution is 5.32. The van der Waals surface area contributed by atoms with Crippen LogP contribution in [0, 0.1) is 5.92 Å². The van der Waals surface area contributed by atoms with E-state index in [9.17, 15) is 0 Å². The number of aromatic nitrogens is 1. The summed E-state index contributed by atoms with van der Waals surface area (Å²) < 4.78 is 0. The molecule has 3 aliphatic rings. The first-order chi connectivity index (χ1) is 6.36. The van der Waals surface area contributed by atoms with Crippen LogP contribution in [0.2, 0.25) is 0 Å². The second kappa shape index (κ2) is 2.57. The van der Waals surface area contributed by atoms with Crippen molar-refractivity contribution in [2.45, 2.75) is 38.5 Å². The predicted molar refractivity (Wildman–Crippen MR) is 52.8 cm³/mol. The Morgan fingerprint density at radius 2 is 2.23 bits per heavy atom. The second-order valence-electron chi connectivity index (χ2n) is 4.44. The van der Waals surface area contributed by atoms with Crippen LogP contribution in [-0.2, 0) is 12.8 Å². The van der Waals surface area contributed by atoms with Crippen molar-refractivity contribution in [3.63, 3.8) is 0 Å². The molecule has 1 fully saturated rings. The van der Waals surface area contributed by atoms with Crippen molar-refractivity contribution < 1.29 is 0 Å². The van der Waals surface area contributed by atoms with Crippen molar-refractivity contribution in [2.24, 2.45) is 5.92 Å². The lowest BCUT2D eigenvalue weighted by Crippen LogP contribution is -2.31. The Balaban J connectivity index is 2.07. The third kappa shape index (κ3) is 1.03. The fraction of sp³-hybridized carbons (Fsp3) is 0.583. The molecule has 1 aromatic heterocycles. The topological polar surface area (TPSA) is 12.9 Å². The fourth-order valence-electron chi connectivity index (χ4n) is 2.71. The minimum absolute atomic E-state index is 0.820. The summed E-state index contributed by atoms with van der Waals surface area (Å²) in [7, 11) is 0. The van der Waals surface area contributed by atoms with Crippen LogP contribution >= 0.6 is 0 Å². The highest BCUT2D eigenvalue weighted by Gasteiger charge is 2.37. The number of rotatable bonds is 1. The molecular formula is C12H15N. The lowest BCUT2D eigenvalue weighted by atomic mass is 9.64. The molecule has 2 bridgehead atoms. The monoisotopic (exact) mass is 173 g/mol. The average Bonchev–Trinajstić information content (AvgIpc) is 2.14. The Hall–Kier alpha value is -0.850. The molecule has 0 amide bonds. The molecule has 0 aromatic carbocycles. The van der Waals surface area contributed by atoms with Gasteiger partial charge in [0.15, 0.2) is 0 Å². The van der Waals surface area contributed by atoms with E-state index in [-0.39, 0.29) is 0 Å². The fourth-order valence-corrected chi connectivity index (χ4v) is 2.71. The first-order valence-electron chi connectivity index (χ1n) is 5.35. The Bertz CT molecular complexity index is 337. The van der Waals surface area contributed by atoms with Gasteiger partial charge < -0.3 is 0 Å². The Morgan fingerprint density at radius 3 is 3.00 bits per heavy atom. The maximum absolute atomic E-state index is 4.75. The summed E-state index contributed by atoms with van der Waals surface area (Å²) in [6.45, 7) is 2.18. The molecule has 1 heterocycles. The first kappa shape index (κ1) is 7.54. The standard InChI is InChI=1S/C12H15N/c1-2-11-4-3-9-5-8-6-10(7-8)12(9)13-11/h3-4,8,10H,2,5-7H2,1H3/t8-,10+. The van der Waals surface area contributed by atoms with Gasteiger partial charge in [-0.3, -0.25) is 4.98 Å². The molecule has 13 heavy (non-hydrogen) atoms. The third-order valence-electron chi connectivity index (χ3n) is 3.56. The van der Waals surface area contributed by atoms with Gasteiger partial charge in [0, 0.05) is 17.3 Å². The Morgan fingerprint density at radius 1 is 1.38 bits per heavy atom. The van der Waals surface area contributed by atoms with Gasteiger partial charge in [-0.25, -0.2) is 0 Å². The van der Waals surface area contributed by atoms with Crippen molar-refractivity contribution in [1.29, 1.82) is 0 Å².